The molecule has 1 rings (SSSR count). The summed E-state index contributed by atoms with van der Waals surface area (Å²) in [5.74, 6) is -0.570. The lowest BCUT2D eigenvalue weighted by Crippen LogP contribution is -2.31. The smallest absolute Gasteiger partial charge is 0.249 e. The van der Waals surface area contributed by atoms with Gasteiger partial charge in [0.1, 0.15) is 6.42 Å². The van der Waals surface area contributed by atoms with Crippen LogP contribution in [0.25, 0.3) is 0 Å². The third-order valence-electron chi connectivity index (χ3n) is 2.64. The fourth-order valence-electron chi connectivity index (χ4n) is 1.60. The van der Waals surface area contributed by atoms with Gasteiger partial charge in [0.25, 0.3) is 0 Å². The van der Waals surface area contributed by atoms with Gasteiger partial charge in [0.15, 0.2) is 11.5 Å². The summed E-state index contributed by atoms with van der Waals surface area (Å²) >= 11 is 0. The maximum atomic E-state index is 11.5. The first-order chi connectivity index (χ1) is 11.1. The molecule has 8 heteroatoms. The first-order valence-electron chi connectivity index (χ1n) is 7.10. The number of hydrazone groups is 1. The molecule has 0 fully saturated rings. The van der Waals surface area contributed by atoms with Crippen molar-refractivity contribution in [3.63, 3.8) is 0 Å². The van der Waals surface area contributed by atoms with Crippen LogP contribution < -0.4 is 15.5 Å². The molecule has 3 N–H and O–H groups in total. The average Bonchev–Trinajstić information content (AvgIpc) is 2.51. The van der Waals surface area contributed by atoms with Crippen molar-refractivity contribution < 1.29 is 24.2 Å². The Kier molecular flexibility index (Phi) is 8.16. The molecule has 1 aromatic rings. The lowest BCUT2D eigenvalue weighted by molar-refractivity contribution is -0.129. The second-order valence-corrected chi connectivity index (χ2v) is 4.47. The van der Waals surface area contributed by atoms with E-state index in [1.54, 1.807) is 19.1 Å². The first kappa shape index (κ1) is 18.4. The number of carbonyl (C=O) groups excluding carboxylic acids is 2. The Morgan fingerprint density at radius 3 is 2.83 bits per heavy atom. The quantitative estimate of drug-likeness (QED) is 0.264. The number of amides is 2. The number of ether oxygens (including phenoxy) is 2. The van der Waals surface area contributed by atoms with Crippen LogP contribution in [0.3, 0.4) is 0 Å². The van der Waals surface area contributed by atoms with E-state index in [4.69, 9.17) is 9.47 Å². The van der Waals surface area contributed by atoms with Crippen molar-refractivity contribution in [1.29, 1.82) is 0 Å². The van der Waals surface area contributed by atoms with Gasteiger partial charge in [0, 0.05) is 13.7 Å². The minimum absolute atomic E-state index is 0.0285. The van der Waals surface area contributed by atoms with Crippen LogP contribution in [0.1, 0.15) is 18.9 Å². The average molecular weight is 323 g/mol. The van der Waals surface area contributed by atoms with Gasteiger partial charge in [-0.25, -0.2) is 5.43 Å². The van der Waals surface area contributed by atoms with Crippen molar-refractivity contribution >= 4 is 18.0 Å². The van der Waals surface area contributed by atoms with Gasteiger partial charge in [-0.1, -0.05) is 0 Å². The van der Waals surface area contributed by atoms with Crippen LogP contribution in [-0.2, 0) is 14.3 Å². The van der Waals surface area contributed by atoms with E-state index in [2.05, 4.69) is 15.8 Å². The number of hydrogen-bond acceptors (Lipinski definition) is 6. The molecule has 0 aliphatic heterocycles. The van der Waals surface area contributed by atoms with E-state index in [1.165, 1.54) is 19.4 Å². The predicted octanol–water partition coefficient (Wildman–Crippen LogP) is 0.394. The Bertz CT molecular complexity index is 560. The summed E-state index contributed by atoms with van der Waals surface area (Å²) in [6.45, 7) is 2.95. The SMILES string of the molecule is CCOc1cc(/C=N/NC(=O)CC(=O)NCCOC)ccc1O. The Morgan fingerprint density at radius 1 is 1.35 bits per heavy atom. The third-order valence-corrected chi connectivity index (χ3v) is 2.64. The van der Waals surface area contributed by atoms with E-state index < -0.39 is 11.8 Å². The van der Waals surface area contributed by atoms with Gasteiger partial charge in [-0.3, -0.25) is 9.59 Å². The molecule has 126 valence electrons. The minimum atomic E-state index is -0.528. The molecule has 0 unspecified atom stereocenters. The summed E-state index contributed by atoms with van der Waals surface area (Å²) in [5.41, 5.74) is 2.89. The van der Waals surface area contributed by atoms with E-state index in [0.29, 0.717) is 31.1 Å². The molecular weight excluding hydrogens is 302 g/mol. The van der Waals surface area contributed by atoms with Crippen molar-refractivity contribution in [2.75, 3.05) is 26.9 Å². The molecule has 0 spiro atoms. The van der Waals surface area contributed by atoms with Crippen molar-refractivity contribution in [3.8, 4) is 11.5 Å². The van der Waals surface area contributed by atoms with Crippen molar-refractivity contribution in [3.05, 3.63) is 23.8 Å². The zero-order valence-corrected chi connectivity index (χ0v) is 13.2. The first-order valence-corrected chi connectivity index (χ1v) is 7.10. The van der Waals surface area contributed by atoms with E-state index in [9.17, 15) is 14.7 Å². The number of phenols is 1. The zero-order valence-electron chi connectivity index (χ0n) is 13.2. The molecule has 8 nitrogen and oxygen atoms in total. The largest absolute Gasteiger partial charge is 0.504 e. The van der Waals surface area contributed by atoms with Crippen molar-refractivity contribution in [1.82, 2.24) is 10.7 Å². The summed E-state index contributed by atoms with van der Waals surface area (Å²) < 4.78 is 10.0. The number of hydrogen-bond donors (Lipinski definition) is 3. The van der Waals surface area contributed by atoms with E-state index in [-0.39, 0.29) is 12.2 Å². The van der Waals surface area contributed by atoms with Crippen LogP contribution in [0.5, 0.6) is 11.5 Å². The Balaban J connectivity index is 2.44. The van der Waals surface area contributed by atoms with Crippen molar-refractivity contribution in [2.24, 2.45) is 5.10 Å². The van der Waals surface area contributed by atoms with Gasteiger partial charge >= 0.3 is 0 Å². The van der Waals surface area contributed by atoms with Gasteiger partial charge in [0.05, 0.1) is 19.4 Å². The van der Waals surface area contributed by atoms with Gasteiger partial charge in [0.2, 0.25) is 11.8 Å². The number of phenolic OH excluding ortho intramolecular Hbond substituents is 1. The van der Waals surface area contributed by atoms with Crippen LogP contribution >= 0.6 is 0 Å². The molecule has 0 aliphatic carbocycles. The topological polar surface area (TPSA) is 109 Å². The number of nitrogens with one attached hydrogen (secondary N) is 2. The van der Waals surface area contributed by atoms with Gasteiger partial charge in [-0.05, 0) is 30.7 Å². The fraction of sp³-hybridized carbons (Fsp3) is 0.400. The molecule has 23 heavy (non-hydrogen) atoms. The molecular formula is C15H21N3O5. The number of methoxy groups -OCH3 is 1. The third kappa shape index (κ3) is 7.28. The molecule has 0 saturated heterocycles. The number of rotatable bonds is 9. The summed E-state index contributed by atoms with van der Waals surface area (Å²) in [6.07, 6.45) is 1.07. The highest BCUT2D eigenvalue weighted by atomic mass is 16.5. The monoisotopic (exact) mass is 323 g/mol. The summed E-state index contributed by atoms with van der Waals surface area (Å²) in [4.78, 5) is 22.9. The Morgan fingerprint density at radius 2 is 2.13 bits per heavy atom. The summed E-state index contributed by atoms with van der Waals surface area (Å²) in [6, 6.07) is 4.67. The molecule has 2 amide bonds. The Hall–Kier alpha value is -2.61. The van der Waals surface area contributed by atoms with Crippen LogP contribution in [0.2, 0.25) is 0 Å². The highest BCUT2D eigenvalue weighted by Crippen LogP contribution is 2.26. The lowest BCUT2D eigenvalue weighted by Gasteiger charge is -2.06. The van der Waals surface area contributed by atoms with Crippen LogP contribution in [0, 0.1) is 0 Å². The maximum absolute atomic E-state index is 11.5. The molecule has 1 aromatic carbocycles. The molecule has 0 radical (unpaired) electrons. The predicted molar refractivity (Wildman–Crippen MR) is 84.5 cm³/mol. The second kappa shape index (κ2) is 10.2. The van der Waals surface area contributed by atoms with Gasteiger partial charge in [-0.15, -0.1) is 0 Å². The van der Waals surface area contributed by atoms with Gasteiger partial charge < -0.3 is 19.9 Å². The lowest BCUT2D eigenvalue weighted by atomic mass is 10.2. The van der Waals surface area contributed by atoms with E-state index in [1.807, 2.05) is 0 Å². The molecule has 0 atom stereocenters. The van der Waals surface area contributed by atoms with Gasteiger partial charge in [-0.2, -0.15) is 5.10 Å². The van der Waals surface area contributed by atoms with Crippen LogP contribution in [0.4, 0.5) is 0 Å². The molecule has 0 saturated carbocycles. The Labute approximate surface area is 134 Å². The highest BCUT2D eigenvalue weighted by molar-refractivity contribution is 5.97. The standard InChI is InChI=1S/C15H21N3O5/c1-3-23-13-8-11(4-5-12(13)19)10-17-18-15(21)9-14(20)16-6-7-22-2/h4-5,8,10,19H,3,6-7,9H2,1-2H3,(H,16,20)(H,18,21)/b17-10+. The molecule has 0 heterocycles. The van der Waals surface area contributed by atoms with E-state index >= 15 is 0 Å². The van der Waals surface area contributed by atoms with Crippen LogP contribution in [0.15, 0.2) is 23.3 Å². The molecule has 0 aromatic heterocycles. The van der Waals surface area contributed by atoms with Crippen molar-refractivity contribution in [2.45, 2.75) is 13.3 Å². The number of aromatic hydroxyl groups is 1. The fourth-order valence-corrected chi connectivity index (χ4v) is 1.60. The number of carbonyl (C=O) groups is 2. The molecule has 0 aliphatic rings. The van der Waals surface area contributed by atoms with E-state index in [0.717, 1.165) is 0 Å². The maximum Gasteiger partial charge on any atom is 0.249 e. The van der Waals surface area contributed by atoms with Crippen LogP contribution in [-0.4, -0.2) is 50.0 Å². The number of nitrogens with zero attached hydrogens (tertiary/aromatic N) is 1. The summed E-state index contributed by atoms with van der Waals surface area (Å²) in [5, 5.41) is 15.9. The minimum Gasteiger partial charge on any atom is -0.504 e. The second-order valence-electron chi connectivity index (χ2n) is 4.47. The zero-order chi connectivity index (χ0) is 17.1. The number of benzene rings is 1. The summed E-state index contributed by atoms with van der Waals surface area (Å²) in [7, 11) is 1.52. The normalized spacial score (nSPS) is 10.5. The highest BCUT2D eigenvalue weighted by Gasteiger charge is 2.07. The molecule has 0 bridgehead atoms.